The molecule has 30 heavy (non-hydrogen) atoms. The Morgan fingerprint density at radius 3 is 2.73 bits per heavy atom. The SMILES string of the molecule is CCCCn1c(COC(=O)c2cc3ccccc3[nH]2)nc2cc(S(N)(=O)=O)ccc21. The predicted molar refractivity (Wildman–Crippen MR) is 113 cm³/mol. The van der Waals surface area contributed by atoms with Crippen LogP contribution in [0.15, 0.2) is 53.4 Å². The summed E-state index contributed by atoms with van der Waals surface area (Å²) in [6, 6.07) is 13.9. The lowest BCUT2D eigenvalue weighted by atomic mass is 10.2. The highest BCUT2D eigenvalue weighted by Gasteiger charge is 2.17. The van der Waals surface area contributed by atoms with Gasteiger partial charge in [0.25, 0.3) is 0 Å². The van der Waals surface area contributed by atoms with Crippen LogP contribution in [0.5, 0.6) is 0 Å². The van der Waals surface area contributed by atoms with Gasteiger partial charge in [0.2, 0.25) is 10.0 Å². The van der Waals surface area contributed by atoms with E-state index in [0.717, 1.165) is 29.3 Å². The molecule has 0 aliphatic rings. The van der Waals surface area contributed by atoms with Gasteiger partial charge >= 0.3 is 5.97 Å². The number of H-pyrrole nitrogens is 1. The summed E-state index contributed by atoms with van der Waals surface area (Å²) < 4.78 is 30.8. The fourth-order valence-corrected chi connectivity index (χ4v) is 3.94. The molecule has 4 rings (SSSR count). The zero-order chi connectivity index (χ0) is 21.3. The molecule has 0 saturated heterocycles. The van der Waals surface area contributed by atoms with Crippen LogP contribution < -0.4 is 5.14 Å². The number of aromatic nitrogens is 3. The van der Waals surface area contributed by atoms with Crippen LogP contribution >= 0.6 is 0 Å². The summed E-state index contributed by atoms with van der Waals surface area (Å²) in [6.07, 6.45) is 1.88. The zero-order valence-corrected chi connectivity index (χ0v) is 17.3. The van der Waals surface area contributed by atoms with Crippen molar-refractivity contribution >= 4 is 37.9 Å². The van der Waals surface area contributed by atoms with Crippen molar-refractivity contribution in [3.05, 3.63) is 60.0 Å². The third-order valence-corrected chi connectivity index (χ3v) is 5.86. The van der Waals surface area contributed by atoms with Gasteiger partial charge in [-0.1, -0.05) is 31.5 Å². The van der Waals surface area contributed by atoms with Gasteiger partial charge < -0.3 is 14.3 Å². The Bertz CT molecular complexity index is 1300. The van der Waals surface area contributed by atoms with Crippen LogP contribution in [0, 0.1) is 0 Å². The Hall–Kier alpha value is -3.17. The number of carbonyl (C=O) groups excluding carboxylic acids is 1. The first-order valence-corrected chi connectivity index (χ1v) is 11.2. The van der Waals surface area contributed by atoms with Gasteiger partial charge in [-0.05, 0) is 36.8 Å². The van der Waals surface area contributed by atoms with E-state index in [9.17, 15) is 13.2 Å². The number of rotatable bonds is 7. The monoisotopic (exact) mass is 426 g/mol. The number of hydrogen-bond acceptors (Lipinski definition) is 5. The number of carbonyl (C=O) groups is 1. The molecule has 0 amide bonds. The maximum Gasteiger partial charge on any atom is 0.355 e. The molecule has 0 bridgehead atoms. The molecule has 0 saturated carbocycles. The van der Waals surface area contributed by atoms with Gasteiger partial charge in [-0.2, -0.15) is 0 Å². The fourth-order valence-electron chi connectivity index (χ4n) is 3.40. The number of nitrogens with zero attached hydrogens (tertiary/aromatic N) is 2. The molecule has 0 aliphatic carbocycles. The van der Waals surface area contributed by atoms with Gasteiger partial charge in [0.15, 0.2) is 0 Å². The number of unbranched alkanes of at least 4 members (excludes halogenated alkanes) is 1. The van der Waals surface area contributed by atoms with Crippen LogP contribution in [-0.2, 0) is 27.9 Å². The van der Waals surface area contributed by atoms with Crippen LogP contribution in [0.2, 0.25) is 0 Å². The summed E-state index contributed by atoms with van der Waals surface area (Å²) in [6.45, 7) is 2.73. The molecule has 0 spiro atoms. The van der Waals surface area contributed by atoms with Crippen LogP contribution in [0.25, 0.3) is 21.9 Å². The highest BCUT2D eigenvalue weighted by molar-refractivity contribution is 7.89. The number of hydrogen-bond donors (Lipinski definition) is 2. The quantitative estimate of drug-likeness (QED) is 0.439. The number of primary sulfonamides is 1. The number of benzene rings is 2. The molecule has 2 aromatic carbocycles. The van der Waals surface area contributed by atoms with Crippen molar-refractivity contribution < 1.29 is 17.9 Å². The maximum absolute atomic E-state index is 12.5. The van der Waals surface area contributed by atoms with Gasteiger partial charge in [-0.25, -0.2) is 23.3 Å². The second-order valence-corrected chi connectivity index (χ2v) is 8.64. The predicted octanol–water partition coefficient (Wildman–Crippen LogP) is 3.32. The second kappa shape index (κ2) is 7.92. The third kappa shape index (κ3) is 3.94. The molecule has 9 heteroatoms. The first kappa shape index (κ1) is 20.1. The number of aryl methyl sites for hydroxylation is 1. The van der Waals surface area contributed by atoms with Crippen molar-refractivity contribution in [2.75, 3.05) is 0 Å². The summed E-state index contributed by atoms with van der Waals surface area (Å²) in [5, 5.41) is 6.16. The summed E-state index contributed by atoms with van der Waals surface area (Å²) in [5.41, 5.74) is 2.49. The maximum atomic E-state index is 12.5. The smallest absolute Gasteiger partial charge is 0.355 e. The minimum absolute atomic E-state index is 0.00300. The van der Waals surface area contributed by atoms with Gasteiger partial charge in [-0.15, -0.1) is 0 Å². The lowest BCUT2D eigenvalue weighted by Crippen LogP contribution is -2.12. The Morgan fingerprint density at radius 1 is 1.20 bits per heavy atom. The number of sulfonamides is 1. The number of esters is 1. The summed E-state index contributed by atoms with van der Waals surface area (Å²) in [5.74, 6) is 0.0694. The topological polar surface area (TPSA) is 120 Å². The molecule has 0 unspecified atom stereocenters. The summed E-state index contributed by atoms with van der Waals surface area (Å²) in [4.78, 5) is 20.1. The highest BCUT2D eigenvalue weighted by Crippen LogP contribution is 2.22. The lowest BCUT2D eigenvalue weighted by Gasteiger charge is -2.09. The number of imidazole rings is 1. The summed E-state index contributed by atoms with van der Waals surface area (Å²) >= 11 is 0. The Labute approximate surface area is 173 Å². The first-order chi connectivity index (χ1) is 14.4. The molecule has 0 radical (unpaired) electrons. The molecule has 8 nitrogen and oxygen atoms in total. The van der Waals surface area contributed by atoms with E-state index in [1.54, 1.807) is 12.1 Å². The molecule has 2 heterocycles. The zero-order valence-electron chi connectivity index (χ0n) is 16.5. The number of para-hydroxylation sites is 1. The molecule has 0 fully saturated rings. The molecular formula is C21H22N4O4S. The second-order valence-electron chi connectivity index (χ2n) is 7.08. The van der Waals surface area contributed by atoms with Gasteiger partial charge in [0, 0.05) is 17.4 Å². The lowest BCUT2D eigenvalue weighted by molar-refractivity contribution is 0.0452. The van der Waals surface area contributed by atoms with Crippen molar-refractivity contribution in [3.8, 4) is 0 Å². The molecular weight excluding hydrogens is 404 g/mol. The fraction of sp³-hybridized carbons (Fsp3) is 0.238. The van der Waals surface area contributed by atoms with E-state index in [-0.39, 0.29) is 11.5 Å². The summed E-state index contributed by atoms with van der Waals surface area (Å²) in [7, 11) is -3.83. The van der Waals surface area contributed by atoms with E-state index >= 15 is 0 Å². The van der Waals surface area contributed by atoms with E-state index < -0.39 is 16.0 Å². The average molecular weight is 426 g/mol. The molecule has 0 atom stereocenters. The van der Waals surface area contributed by atoms with Crippen molar-refractivity contribution in [1.29, 1.82) is 0 Å². The van der Waals surface area contributed by atoms with E-state index in [0.29, 0.717) is 23.6 Å². The van der Waals surface area contributed by atoms with Crippen LogP contribution in [0.4, 0.5) is 0 Å². The van der Waals surface area contributed by atoms with Crippen molar-refractivity contribution in [1.82, 2.24) is 14.5 Å². The van der Waals surface area contributed by atoms with Crippen molar-refractivity contribution in [2.24, 2.45) is 5.14 Å². The Kier molecular flexibility index (Phi) is 5.31. The van der Waals surface area contributed by atoms with Crippen LogP contribution in [0.1, 0.15) is 36.1 Å². The average Bonchev–Trinajstić information content (AvgIpc) is 3.30. The van der Waals surface area contributed by atoms with Crippen molar-refractivity contribution in [3.63, 3.8) is 0 Å². The number of aromatic amines is 1. The van der Waals surface area contributed by atoms with E-state index in [1.165, 1.54) is 12.1 Å². The molecule has 156 valence electrons. The molecule has 2 aromatic heterocycles. The number of fused-ring (bicyclic) bond motifs is 2. The van der Waals surface area contributed by atoms with Crippen LogP contribution in [-0.4, -0.2) is 28.9 Å². The first-order valence-electron chi connectivity index (χ1n) is 9.63. The normalized spacial score (nSPS) is 11.9. The van der Waals surface area contributed by atoms with Crippen molar-refractivity contribution in [2.45, 2.75) is 37.8 Å². The standard InChI is InChI=1S/C21H22N4O4S/c1-2-3-10-25-19-9-8-15(30(22,27)28)12-17(19)24-20(25)13-29-21(26)18-11-14-6-4-5-7-16(14)23-18/h4-9,11-12,23H,2-3,10,13H2,1H3,(H2,22,27,28). The molecule has 3 N–H and O–H groups in total. The largest absolute Gasteiger partial charge is 0.453 e. The van der Waals surface area contributed by atoms with Crippen LogP contribution in [0.3, 0.4) is 0 Å². The van der Waals surface area contributed by atoms with Gasteiger partial charge in [0.05, 0.1) is 15.9 Å². The van der Waals surface area contributed by atoms with E-state index in [2.05, 4.69) is 16.9 Å². The van der Waals surface area contributed by atoms with E-state index in [4.69, 9.17) is 9.88 Å². The highest BCUT2D eigenvalue weighted by atomic mass is 32.2. The Balaban J connectivity index is 1.62. The molecule has 4 aromatic rings. The molecule has 0 aliphatic heterocycles. The van der Waals surface area contributed by atoms with Gasteiger partial charge in [-0.3, -0.25) is 0 Å². The number of nitrogens with two attached hydrogens (primary N) is 1. The Morgan fingerprint density at radius 2 is 2.00 bits per heavy atom. The van der Waals surface area contributed by atoms with E-state index in [1.807, 2.05) is 28.8 Å². The number of ether oxygens (including phenoxy) is 1. The third-order valence-electron chi connectivity index (χ3n) is 4.94. The number of nitrogens with one attached hydrogen (secondary N) is 1. The van der Waals surface area contributed by atoms with Gasteiger partial charge in [0.1, 0.15) is 18.1 Å². The minimum Gasteiger partial charge on any atom is -0.453 e. The minimum atomic E-state index is -3.83.